The second-order valence-electron chi connectivity index (χ2n) is 5.90. The predicted octanol–water partition coefficient (Wildman–Crippen LogP) is 3.21. The zero-order valence-corrected chi connectivity index (χ0v) is 14.0. The van der Waals surface area contributed by atoms with E-state index in [1.807, 2.05) is 73.6 Å². The molecule has 0 atom stereocenters. The van der Waals surface area contributed by atoms with E-state index in [0.717, 1.165) is 16.8 Å². The van der Waals surface area contributed by atoms with Crippen molar-refractivity contribution in [2.75, 3.05) is 20.6 Å². The van der Waals surface area contributed by atoms with Crippen LogP contribution in [0.15, 0.2) is 54.6 Å². The average molecular weight is 323 g/mol. The normalized spacial score (nSPS) is 11.1. The molecule has 0 bridgehead atoms. The molecule has 3 rings (SSSR count). The standard InChI is InChI=1S/C19H21N3O2/c1-21(2)13-12-19(23)22-17-11-7-6-10-16(17)20-18(22)14-24-15-8-4-3-5-9-15/h3-11H,12-14H2,1-2H3. The molecule has 5 nitrogen and oxygen atoms in total. The van der Waals surface area contributed by atoms with Crippen LogP contribution in [0.5, 0.6) is 5.75 Å². The van der Waals surface area contributed by atoms with Gasteiger partial charge in [-0.15, -0.1) is 0 Å². The first-order chi connectivity index (χ1) is 11.6. The van der Waals surface area contributed by atoms with Crippen molar-refractivity contribution in [3.8, 4) is 5.75 Å². The summed E-state index contributed by atoms with van der Waals surface area (Å²) in [6.45, 7) is 0.955. The first kappa shape index (κ1) is 16.2. The van der Waals surface area contributed by atoms with Crippen LogP contribution in [0.1, 0.15) is 17.0 Å². The minimum Gasteiger partial charge on any atom is -0.486 e. The summed E-state index contributed by atoms with van der Waals surface area (Å²) in [5, 5.41) is 0. The van der Waals surface area contributed by atoms with Crippen LogP contribution in [0.4, 0.5) is 0 Å². The lowest BCUT2D eigenvalue weighted by molar-refractivity contribution is 0.0888. The minimum atomic E-state index is 0.0315. The number of rotatable bonds is 6. The van der Waals surface area contributed by atoms with Gasteiger partial charge in [0.25, 0.3) is 0 Å². The Labute approximate surface area is 141 Å². The van der Waals surface area contributed by atoms with Gasteiger partial charge < -0.3 is 9.64 Å². The summed E-state index contributed by atoms with van der Waals surface area (Å²) in [6.07, 6.45) is 0.436. The molecule has 0 fully saturated rings. The molecule has 124 valence electrons. The Morgan fingerprint density at radius 3 is 2.54 bits per heavy atom. The highest BCUT2D eigenvalue weighted by Crippen LogP contribution is 2.19. The maximum atomic E-state index is 12.7. The summed E-state index contributed by atoms with van der Waals surface area (Å²) in [6, 6.07) is 17.2. The molecule has 5 heteroatoms. The molecular formula is C19H21N3O2. The van der Waals surface area contributed by atoms with Crippen molar-refractivity contribution in [3.63, 3.8) is 0 Å². The van der Waals surface area contributed by atoms with Gasteiger partial charge in [-0.2, -0.15) is 0 Å². The van der Waals surface area contributed by atoms with Crippen LogP contribution in [0.3, 0.4) is 0 Å². The van der Waals surface area contributed by atoms with Gasteiger partial charge in [0.2, 0.25) is 5.91 Å². The van der Waals surface area contributed by atoms with Crippen LogP contribution in [0.25, 0.3) is 11.0 Å². The Kier molecular flexibility index (Phi) is 4.91. The molecule has 0 amide bonds. The Bertz CT molecular complexity index is 825. The largest absolute Gasteiger partial charge is 0.486 e. The maximum absolute atomic E-state index is 12.7. The zero-order valence-electron chi connectivity index (χ0n) is 14.0. The number of ether oxygens (including phenoxy) is 1. The summed E-state index contributed by atoms with van der Waals surface area (Å²) in [5.41, 5.74) is 1.63. The van der Waals surface area contributed by atoms with Crippen LogP contribution >= 0.6 is 0 Å². The first-order valence-electron chi connectivity index (χ1n) is 7.97. The predicted molar refractivity (Wildman–Crippen MR) is 94.3 cm³/mol. The molecule has 0 aliphatic carbocycles. The second-order valence-corrected chi connectivity index (χ2v) is 5.90. The number of nitrogens with zero attached hydrogens (tertiary/aromatic N) is 3. The van der Waals surface area contributed by atoms with Crippen molar-refractivity contribution in [2.24, 2.45) is 0 Å². The van der Waals surface area contributed by atoms with Crippen molar-refractivity contribution in [1.29, 1.82) is 0 Å². The van der Waals surface area contributed by atoms with Gasteiger partial charge in [-0.1, -0.05) is 30.3 Å². The summed E-state index contributed by atoms with van der Waals surface area (Å²) in [4.78, 5) is 19.3. The molecule has 0 saturated carbocycles. The Morgan fingerprint density at radius 1 is 1.08 bits per heavy atom. The molecule has 1 aromatic heterocycles. The van der Waals surface area contributed by atoms with E-state index >= 15 is 0 Å². The fourth-order valence-corrected chi connectivity index (χ4v) is 2.55. The lowest BCUT2D eigenvalue weighted by Crippen LogP contribution is -2.22. The number of carbonyl (C=O) groups excluding carboxylic acids is 1. The highest BCUT2D eigenvalue weighted by Gasteiger charge is 2.17. The van der Waals surface area contributed by atoms with Crippen LogP contribution < -0.4 is 4.74 Å². The fourth-order valence-electron chi connectivity index (χ4n) is 2.55. The van der Waals surface area contributed by atoms with Crippen molar-refractivity contribution in [3.05, 3.63) is 60.4 Å². The molecular weight excluding hydrogens is 302 g/mol. The third-order valence-corrected chi connectivity index (χ3v) is 3.76. The van der Waals surface area contributed by atoms with Crippen LogP contribution in [-0.4, -0.2) is 41.0 Å². The molecule has 0 radical (unpaired) electrons. The van der Waals surface area contributed by atoms with Gasteiger partial charge in [-0.05, 0) is 38.4 Å². The molecule has 0 N–H and O–H groups in total. The molecule has 2 aromatic carbocycles. The van der Waals surface area contributed by atoms with Gasteiger partial charge in [0.15, 0.2) is 5.82 Å². The number of hydrogen-bond acceptors (Lipinski definition) is 4. The maximum Gasteiger partial charge on any atom is 0.233 e. The number of para-hydroxylation sites is 3. The van der Waals surface area contributed by atoms with Crippen molar-refractivity contribution in [1.82, 2.24) is 14.5 Å². The molecule has 1 heterocycles. The van der Waals surface area contributed by atoms with E-state index in [4.69, 9.17) is 4.74 Å². The third-order valence-electron chi connectivity index (χ3n) is 3.76. The zero-order chi connectivity index (χ0) is 16.9. The second kappa shape index (κ2) is 7.27. The van der Waals surface area contributed by atoms with E-state index in [1.165, 1.54) is 0 Å². The van der Waals surface area contributed by atoms with Gasteiger partial charge in [-0.25, -0.2) is 4.98 Å². The van der Waals surface area contributed by atoms with E-state index in [0.29, 0.717) is 18.8 Å². The van der Waals surface area contributed by atoms with Gasteiger partial charge in [0, 0.05) is 13.0 Å². The quantitative estimate of drug-likeness (QED) is 0.699. The Balaban J connectivity index is 1.88. The first-order valence-corrected chi connectivity index (χ1v) is 7.97. The third kappa shape index (κ3) is 3.63. The number of imidazole rings is 1. The summed E-state index contributed by atoms with van der Waals surface area (Å²) >= 11 is 0. The van der Waals surface area contributed by atoms with Gasteiger partial charge in [-0.3, -0.25) is 9.36 Å². The summed E-state index contributed by atoms with van der Waals surface area (Å²) in [7, 11) is 3.91. The number of aromatic nitrogens is 2. The van der Waals surface area contributed by atoms with Crippen LogP contribution in [0, 0.1) is 0 Å². The smallest absolute Gasteiger partial charge is 0.233 e. The number of benzene rings is 2. The molecule has 0 aliphatic rings. The highest BCUT2D eigenvalue weighted by atomic mass is 16.5. The molecule has 0 unspecified atom stereocenters. The van der Waals surface area contributed by atoms with Gasteiger partial charge in [0.05, 0.1) is 11.0 Å². The SMILES string of the molecule is CN(C)CCC(=O)n1c(COc2ccccc2)nc2ccccc21. The lowest BCUT2D eigenvalue weighted by Gasteiger charge is -2.12. The average Bonchev–Trinajstić information content (AvgIpc) is 2.97. The molecule has 24 heavy (non-hydrogen) atoms. The number of carbonyl (C=O) groups is 1. The Hall–Kier alpha value is -2.66. The highest BCUT2D eigenvalue weighted by molar-refractivity contribution is 5.91. The van der Waals surface area contributed by atoms with Crippen LogP contribution in [0.2, 0.25) is 0 Å². The topological polar surface area (TPSA) is 47.4 Å². The van der Waals surface area contributed by atoms with Crippen molar-refractivity contribution in [2.45, 2.75) is 13.0 Å². The van der Waals surface area contributed by atoms with Crippen molar-refractivity contribution >= 4 is 16.9 Å². The van der Waals surface area contributed by atoms with E-state index in [2.05, 4.69) is 4.98 Å². The van der Waals surface area contributed by atoms with E-state index in [-0.39, 0.29) is 12.5 Å². The molecule has 0 spiro atoms. The molecule has 0 saturated heterocycles. The van der Waals surface area contributed by atoms with E-state index in [1.54, 1.807) is 4.57 Å². The molecule has 0 aliphatic heterocycles. The lowest BCUT2D eigenvalue weighted by atomic mass is 10.3. The Morgan fingerprint density at radius 2 is 1.79 bits per heavy atom. The summed E-state index contributed by atoms with van der Waals surface area (Å²) < 4.78 is 7.47. The van der Waals surface area contributed by atoms with Crippen LogP contribution in [-0.2, 0) is 6.61 Å². The summed E-state index contributed by atoms with van der Waals surface area (Å²) in [5.74, 6) is 1.42. The molecule has 3 aromatic rings. The van der Waals surface area contributed by atoms with Gasteiger partial charge >= 0.3 is 0 Å². The number of fused-ring (bicyclic) bond motifs is 1. The number of hydrogen-bond donors (Lipinski definition) is 0. The fraction of sp³-hybridized carbons (Fsp3) is 0.263. The minimum absolute atomic E-state index is 0.0315. The van der Waals surface area contributed by atoms with Crippen molar-refractivity contribution < 1.29 is 9.53 Å². The van der Waals surface area contributed by atoms with E-state index in [9.17, 15) is 4.79 Å². The van der Waals surface area contributed by atoms with E-state index < -0.39 is 0 Å². The van der Waals surface area contributed by atoms with Gasteiger partial charge in [0.1, 0.15) is 12.4 Å². The monoisotopic (exact) mass is 323 g/mol.